The van der Waals surface area contributed by atoms with Crippen LogP contribution < -0.4 is 11.1 Å². The first-order valence-electron chi connectivity index (χ1n) is 6.71. The second-order valence-electron chi connectivity index (χ2n) is 5.13. The van der Waals surface area contributed by atoms with Crippen molar-refractivity contribution >= 4 is 40.7 Å². The molecule has 1 saturated heterocycles. The number of benzene rings is 1. The van der Waals surface area contributed by atoms with Gasteiger partial charge >= 0.3 is 0 Å². The summed E-state index contributed by atoms with van der Waals surface area (Å²) in [6, 6.07) is 3.69. The molecule has 1 aliphatic heterocycles. The summed E-state index contributed by atoms with van der Waals surface area (Å²) >= 11 is 11.8. The molecule has 7 heteroatoms. The molecule has 114 valence electrons. The van der Waals surface area contributed by atoms with Crippen molar-refractivity contribution in [1.82, 2.24) is 4.90 Å². The van der Waals surface area contributed by atoms with Crippen molar-refractivity contribution < 1.29 is 9.59 Å². The summed E-state index contributed by atoms with van der Waals surface area (Å²) in [5.41, 5.74) is 6.12. The Kier molecular flexibility index (Phi) is 5.08. The zero-order chi connectivity index (χ0) is 15.6. The van der Waals surface area contributed by atoms with E-state index >= 15 is 0 Å². The minimum absolute atomic E-state index is 0.211. The smallest absolute Gasteiger partial charge is 0.247 e. The molecular formula is C14H17Cl2N3O2. The zero-order valence-electron chi connectivity index (χ0n) is 11.6. The Hall–Kier alpha value is -1.30. The number of hydrogen-bond acceptors (Lipinski definition) is 3. The molecule has 0 spiro atoms. The van der Waals surface area contributed by atoms with E-state index in [1.807, 2.05) is 0 Å². The summed E-state index contributed by atoms with van der Waals surface area (Å²) in [5, 5.41) is 3.62. The highest BCUT2D eigenvalue weighted by Crippen LogP contribution is 2.24. The van der Waals surface area contributed by atoms with E-state index in [0.717, 1.165) is 6.42 Å². The number of carbonyl (C=O) groups excluding carboxylic acids is 2. The Morgan fingerprint density at radius 3 is 2.52 bits per heavy atom. The molecule has 1 unspecified atom stereocenters. The first-order valence-corrected chi connectivity index (χ1v) is 7.47. The summed E-state index contributed by atoms with van der Waals surface area (Å²) in [5.74, 6) is -0.461. The van der Waals surface area contributed by atoms with Crippen molar-refractivity contribution in [1.29, 1.82) is 0 Å². The molecule has 1 aliphatic rings. The normalized spacial score (nSPS) is 19.4. The van der Waals surface area contributed by atoms with Crippen molar-refractivity contribution in [2.75, 3.05) is 11.9 Å². The molecule has 2 atom stereocenters. The lowest BCUT2D eigenvalue weighted by atomic mass is 10.2. The highest BCUT2D eigenvalue weighted by atomic mass is 35.5. The van der Waals surface area contributed by atoms with Crippen LogP contribution in [0.25, 0.3) is 0 Å². The molecular weight excluding hydrogens is 313 g/mol. The summed E-state index contributed by atoms with van der Waals surface area (Å²) in [6.07, 6.45) is 1.41. The minimum atomic E-state index is -0.612. The number of amides is 2. The first-order chi connectivity index (χ1) is 9.88. The Morgan fingerprint density at radius 2 is 1.95 bits per heavy atom. The van der Waals surface area contributed by atoms with Gasteiger partial charge in [-0.2, -0.15) is 0 Å². The lowest BCUT2D eigenvalue weighted by molar-refractivity contribution is -0.137. The van der Waals surface area contributed by atoms with Gasteiger partial charge in [0.1, 0.15) is 6.04 Å². The molecule has 0 aliphatic carbocycles. The number of hydrogen-bond donors (Lipinski definition) is 2. The number of likely N-dealkylation sites (tertiary alicyclic amines) is 1. The van der Waals surface area contributed by atoms with Gasteiger partial charge in [0.15, 0.2) is 0 Å². The molecule has 1 heterocycles. The van der Waals surface area contributed by atoms with Crippen LogP contribution >= 0.6 is 23.2 Å². The standard InChI is InChI=1S/C14H17Cl2N3O2/c1-8(17)14(21)19-4-2-3-12(19)13(20)18-11-6-9(15)5-10(16)7-11/h5-8,12H,2-4,17H2,1H3,(H,18,20)/t8-,12?/m1/s1. The number of anilines is 1. The fourth-order valence-corrected chi connectivity index (χ4v) is 2.94. The summed E-state index contributed by atoms with van der Waals surface area (Å²) in [4.78, 5) is 25.9. The van der Waals surface area contributed by atoms with Crippen molar-refractivity contribution in [2.24, 2.45) is 5.73 Å². The molecule has 1 aromatic rings. The predicted octanol–water partition coefficient (Wildman–Crippen LogP) is 2.27. The Balaban J connectivity index is 2.10. The van der Waals surface area contributed by atoms with Gasteiger partial charge in [0, 0.05) is 22.3 Å². The topological polar surface area (TPSA) is 75.4 Å². The number of carbonyl (C=O) groups is 2. The quantitative estimate of drug-likeness (QED) is 0.893. The summed E-state index contributed by atoms with van der Waals surface area (Å²) < 4.78 is 0. The second kappa shape index (κ2) is 6.64. The maximum Gasteiger partial charge on any atom is 0.247 e. The zero-order valence-corrected chi connectivity index (χ0v) is 13.1. The van der Waals surface area contributed by atoms with Crippen LogP contribution in [0.1, 0.15) is 19.8 Å². The van der Waals surface area contributed by atoms with Gasteiger partial charge in [0.25, 0.3) is 0 Å². The SMILES string of the molecule is C[C@@H](N)C(=O)N1CCCC1C(=O)Nc1cc(Cl)cc(Cl)c1. The molecule has 1 aromatic carbocycles. The average Bonchev–Trinajstić information content (AvgIpc) is 2.85. The molecule has 2 amide bonds. The van der Waals surface area contributed by atoms with Gasteiger partial charge in [0.2, 0.25) is 11.8 Å². The monoisotopic (exact) mass is 329 g/mol. The van der Waals surface area contributed by atoms with Gasteiger partial charge in [-0.3, -0.25) is 9.59 Å². The molecule has 0 aromatic heterocycles. The third kappa shape index (κ3) is 3.87. The van der Waals surface area contributed by atoms with Crippen LogP contribution in [0.15, 0.2) is 18.2 Å². The third-order valence-corrected chi connectivity index (χ3v) is 3.79. The van der Waals surface area contributed by atoms with E-state index < -0.39 is 12.1 Å². The first kappa shape index (κ1) is 16.1. The van der Waals surface area contributed by atoms with E-state index in [1.165, 1.54) is 4.90 Å². The average molecular weight is 330 g/mol. The number of nitrogens with two attached hydrogens (primary N) is 1. The Bertz CT molecular complexity index is 543. The second-order valence-corrected chi connectivity index (χ2v) is 6.00. The van der Waals surface area contributed by atoms with E-state index in [0.29, 0.717) is 28.7 Å². The van der Waals surface area contributed by atoms with E-state index in [9.17, 15) is 9.59 Å². The summed E-state index contributed by atoms with van der Waals surface area (Å²) in [7, 11) is 0. The molecule has 1 fully saturated rings. The van der Waals surface area contributed by atoms with Crippen LogP contribution in [0.5, 0.6) is 0 Å². The van der Waals surface area contributed by atoms with Crippen LogP contribution in [0.4, 0.5) is 5.69 Å². The van der Waals surface area contributed by atoms with Crippen LogP contribution in [0.2, 0.25) is 10.0 Å². The maximum absolute atomic E-state index is 12.3. The van der Waals surface area contributed by atoms with Gasteiger partial charge in [0.05, 0.1) is 6.04 Å². The molecule has 0 bridgehead atoms. The molecule has 21 heavy (non-hydrogen) atoms. The minimum Gasteiger partial charge on any atom is -0.329 e. The van der Waals surface area contributed by atoms with E-state index in [1.54, 1.807) is 25.1 Å². The molecule has 5 nitrogen and oxygen atoms in total. The third-order valence-electron chi connectivity index (χ3n) is 3.36. The molecule has 2 rings (SSSR count). The van der Waals surface area contributed by atoms with Crippen LogP contribution in [0.3, 0.4) is 0 Å². The van der Waals surface area contributed by atoms with Crippen LogP contribution in [-0.4, -0.2) is 35.3 Å². The predicted molar refractivity (Wildman–Crippen MR) is 83.5 cm³/mol. The summed E-state index contributed by atoms with van der Waals surface area (Å²) in [6.45, 7) is 2.17. The van der Waals surface area contributed by atoms with Crippen molar-refractivity contribution in [3.63, 3.8) is 0 Å². The lowest BCUT2D eigenvalue weighted by Gasteiger charge is -2.25. The highest BCUT2D eigenvalue weighted by Gasteiger charge is 2.35. The highest BCUT2D eigenvalue weighted by molar-refractivity contribution is 6.35. The van der Waals surface area contributed by atoms with Crippen LogP contribution in [0, 0.1) is 0 Å². The van der Waals surface area contributed by atoms with Crippen molar-refractivity contribution in [3.05, 3.63) is 28.2 Å². The van der Waals surface area contributed by atoms with Gasteiger partial charge in [-0.25, -0.2) is 0 Å². The van der Waals surface area contributed by atoms with Crippen molar-refractivity contribution in [3.8, 4) is 0 Å². The van der Waals surface area contributed by atoms with Gasteiger partial charge in [-0.15, -0.1) is 0 Å². The van der Waals surface area contributed by atoms with Gasteiger partial charge < -0.3 is 16.0 Å². The number of nitrogens with one attached hydrogen (secondary N) is 1. The Labute approximate surface area is 133 Å². The molecule has 3 N–H and O–H groups in total. The Morgan fingerprint density at radius 1 is 1.33 bits per heavy atom. The number of rotatable bonds is 3. The lowest BCUT2D eigenvalue weighted by Crippen LogP contribution is -2.48. The van der Waals surface area contributed by atoms with E-state index in [-0.39, 0.29) is 11.8 Å². The van der Waals surface area contributed by atoms with Gasteiger partial charge in [-0.05, 0) is 38.0 Å². The number of nitrogens with zero attached hydrogens (tertiary/aromatic N) is 1. The van der Waals surface area contributed by atoms with Crippen molar-refractivity contribution in [2.45, 2.75) is 31.8 Å². The van der Waals surface area contributed by atoms with Crippen LogP contribution in [-0.2, 0) is 9.59 Å². The molecule has 0 radical (unpaired) electrons. The van der Waals surface area contributed by atoms with E-state index in [4.69, 9.17) is 28.9 Å². The van der Waals surface area contributed by atoms with E-state index in [2.05, 4.69) is 5.32 Å². The maximum atomic E-state index is 12.3. The molecule has 0 saturated carbocycles. The fraction of sp³-hybridized carbons (Fsp3) is 0.429. The largest absolute Gasteiger partial charge is 0.329 e. The fourth-order valence-electron chi connectivity index (χ4n) is 2.42. The van der Waals surface area contributed by atoms with Gasteiger partial charge in [-0.1, -0.05) is 23.2 Å². The number of halogens is 2.